The summed E-state index contributed by atoms with van der Waals surface area (Å²) < 4.78 is 9.96. The van der Waals surface area contributed by atoms with Crippen molar-refractivity contribution < 1.29 is 19.1 Å². The van der Waals surface area contributed by atoms with Crippen LogP contribution in [0.1, 0.15) is 6.92 Å². The Kier molecular flexibility index (Phi) is 6.78. The van der Waals surface area contributed by atoms with Gasteiger partial charge in [0.25, 0.3) is 5.91 Å². The summed E-state index contributed by atoms with van der Waals surface area (Å²) in [6.45, 7) is 1.77. The Bertz CT molecular complexity index is 522. The molecule has 0 aromatic heterocycles. The number of halogens is 2. The fourth-order valence-corrected chi connectivity index (χ4v) is 2.09. The summed E-state index contributed by atoms with van der Waals surface area (Å²) in [4.78, 5) is 24.6. The van der Waals surface area contributed by atoms with Crippen molar-refractivity contribution in [1.29, 1.82) is 0 Å². The summed E-state index contributed by atoms with van der Waals surface area (Å²) in [7, 11) is 2.90. The summed E-state index contributed by atoms with van der Waals surface area (Å²) >= 11 is 11.7. The highest BCUT2D eigenvalue weighted by Crippen LogP contribution is 2.27. The molecule has 7 heteroatoms. The van der Waals surface area contributed by atoms with Crippen LogP contribution in [0.2, 0.25) is 10.0 Å². The molecule has 1 aromatic rings. The summed E-state index contributed by atoms with van der Waals surface area (Å²) in [5.74, 6) is -0.653. The maximum Gasteiger partial charge on any atom is 0.310 e. The number of likely N-dealkylation sites (N-methyl/N-ethyl adjacent to an activating group) is 1. The summed E-state index contributed by atoms with van der Waals surface area (Å²) in [5.41, 5.74) is 0. The van der Waals surface area contributed by atoms with E-state index in [2.05, 4.69) is 4.74 Å². The second-order valence-corrected chi connectivity index (χ2v) is 5.41. The highest BCUT2D eigenvalue weighted by atomic mass is 35.5. The monoisotopic (exact) mass is 333 g/mol. The van der Waals surface area contributed by atoms with Gasteiger partial charge in [0.2, 0.25) is 0 Å². The molecule has 0 N–H and O–H groups in total. The fourth-order valence-electron chi connectivity index (χ4n) is 1.63. The Labute approximate surface area is 133 Å². The minimum atomic E-state index is -0.400. The predicted molar refractivity (Wildman–Crippen MR) is 80.8 cm³/mol. The third-order valence-corrected chi connectivity index (χ3v) is 3.35. The second-order valence-electron chi connectivity index (χ2n) is 4.56. The molecular weight excluding hydrogens is 317 g/mol. The molecule has 1 aromatic carbocycles. The van der Waals surface area contributed by atoms with Crippen molar-refractivity contribution in [2.45, 2.75) is 6.92 Å². The van der Waals surface area contributed by atoms with E-state index in [9.17, 15) is 9.59 Å². The second kappa shape index (κ2) is 8.10. The number of methoxy groups -OCH3 is 1. The van der Waals surface area contributed by atoms with Gasteiger partial charge in [-0.1, -0.05) is 30.1 Å². The van der Waals surface area contributed by atoms with E-state index in [0.29, 0.717) is 15.8 Å². The molecule has 0 aliphatic heterocycles. The number of benzene rings is 1. The van der Waals surface area contributed by atoms with E-state index in [0.717, 1.165) is 0 Å². The van der Waals surface area contributed by atoms with Crippen molar-refractivity contribution in [2.24, 2.45) is 5.92 Å². The average molecular weight is 334 g/mol. The zero-order valence-electron chi connectivity index (χ0n) is 12.1. The molecule has 5 nitrogen and oxygen atoms in total. The average Bonchev–Trinajstić information content (AvgIpc) is 2.44. The van der Waals surface area contributed by atoms with Crippen molar-refractivity contribution in [3.05, 3.63) is 28.2 Å². The van der Waals surface area contributed by atoms with E-state index >= 15 is 0 Å². The van der Waals surface area contributed by atoms with Gasteiger partial charge in [-0.3, -0.25) is 9.59 Å². The van der Waals surface area contributed by atoms with Crippen LogP contribution < -0.4 is 4.74 Å². The first kappa shape index (κ1) is 17.6. The number of ether oxygens (including phenoxy) is 2. The van der Waals surface area contributed by atoms with E-state index in [1.165, 1.54) is 18.1 Å². The van der Waals surface area contributed by atoms with Gasteiger partial charge in [0.05, 0.1) is 18.1 Å². The molecule has 1 atom stereocenters. The molecule has 0 aliphatic carbocycles. The SMILES string of the molecule is COC(=O)C(C)CN(C)C(=O)COc1ccc(Cl)cc1Cl. The lowest BCUT2D eigenvalue weighted by molar-refractivity contribution is -0.146. The molecule has 0 saturated heterocycles. The Hall–Kier alpha value is -1.46. The summed E-state index contributed by atoms with van der Waals surface area (Å²) in [5, 5.41) is 0.823. The minimum absolute atomic E-state index is 0.175. The van der Waals surface area contributed by atoms with Gasteiger partial charge < -0.3 is 14.4 Å². The van der Waals surface area contributed by atoms with E-state index in [-0.39, 0.29) is 25.0 Å². The number of esters is 1. The quantitative estimate of drug-likeness (QED) is 0.751. The number of hydrogen-bond acceptors (Lipinski definition) is 4. The molecular formula is C14H17Cl2NO4. The fraction of sp³-hybridized carbons (Fsp3) is 0.429. The number of carbonyl (C=O) groups is 2. The van der Waals surface area contributed by atoms with Gasteiger partial charge >= 0.3 is 5.97 Å². The highest BCUT2D eigenvalue weighted by molar-refractivity contribution is 6.35. The lowest BCUT2D eigenvalue weighted by Crippen LogP contribution is -2.37. The van der Waals surface area contributed by atoms with Crippen molar-refractivity contribution in [2.75, 3.05) is 27.3 Å². The molecule has 1 rings (SSSR count). The van der Waals surface area contributed by atoms with Crippen LogP contribution in [0.3, 0.4) is 0 Å². The third kappa shape index (κ3) is 5.44. The van der Waals surface area contributed by atoms with Gasteiger partial charge in [-0.05, 0) is 18.2 Å². The Morgan fingerprint density at radius 3 is 2.57 bits per heavy atom. The standard InChI is InChI=1S/C14H17Cl2NO4/c1-9(14(19)20-3)7-17(2)13(18)8-21-12-5-4-10(15)6-11(12)16/h4-6,9H,7-8H2,1-3H3. The molecule has 0 heterocycles. The normalized spacial score (nSPS) is 11.7. The van der Waals surface area contributed by atoms with E-state index in [1.807, 2.05) is 0 Å². The van der Waals surface area contributed by atoms with E-state index in [4.69, 9.17) is 27.9 Å². The van der Waals surface area contributed by atoms with Crippen LogP contribution in [0.15, 0.2) is 18.2 Å². The molecule has 0 fully saturated rings. The Morgan fingerprint density at radius 2 is 2.00 bits per heavy atom. The predicted octanol–water partition coefficient (Wildman–Crippen LogP) is 2.64. The van der Waals surface area contributed by atoms with Crippen LogP contribution in [0.4, 0.5) is 0 Å². The van der Waals surface area contributed by atoms with Crippen LogP contribution in [0.25, 0.3) is 0 Å². The molecule has 0 spiro atoms. The van der Waals surface area contributed by atoms with Gasteiger partial charge in [-0.25, -0.2) is 0 Å². The maximum atomic E-state index is 11.9. The molecule has 1 unspecified atom stereocenters. The van der Waals surface area contributed by atoms with Crippen LogP contribution in [0, 0.1) is 5.92 Å². The lowest BCUT2D eigenvalue weighted by atomic mass is 10.2. The van der Waals surface area contributed by atoms with Crippen LogP contribution >= 0.6 is 23.2 Å². The lowest BCUT2D eigenvalue weighted by Gasteiger charge is -2.20. The largest absolute Gasteiger partial charge is 0.482 e. The molecule has 116 valence electrons. The number of rotatable bonds is 6. The van der Waals surface area contributed by atoms with Gasteiger partial charge in [0.15, 0.2) is 6.61 Å². The van der Waals surface area contributed by atoms with Gasteiger partial charge in [-0.15, -0.1) is 0 Å². The molecule has 21 heavy (non-hydrogen) atoms. The summed E-state index contributed by atoms with van der Waals surface area (Å²) in [6, 6.07) is 4.75. The van der Waals surface area contributed by atoms with Crippen molar-refractivity contribution in [3.8, 4) is 5.75 Å². The first-order chi connectivity index (χ1) is 9.85. The van der Waals surface area contributed by atoms with Gasteiger partial charge in [0, 0.05) is 18.6 Å². The number of hydrogen-bond donors (Lipinski definition) is 0. The topological polar surface area (TPSA) is 55.8 Å². The zero-order valence-corrected chi connectivity index (χ0v) is 13.6. The van der Waals surface area contributed by atoms with Crippen LogP contribution in [0.5, 0.6) is 5.75 Å². The zero-order chi connectivity index (χ0) is 16.0. The third-order valence-electron chi connectivity index (χ3n) is 2.82. The maximum absolute atomic E-state index is 11.9. The van der Waals surface area contributed by atoms with Crippen LogP contribution in [-0.4, -0.2) is 44.1 Å². The van der Waals surface area contributed by atoms with E-state index < -0.39 is 5.92 Å². The Balaban J connectivity index is 2.51. The first-order valence-corrected chi connectivity index (χ1v) is 7.00. The van der Waals surface area contributed by atoms with Crippen molar-refractivity contribution in [3.63, 3.8) is 0 Å². The Morgan fingerprint density at radius 1 is 1.33 bits per heavy atom. The number of amides is 1. The molecule has 1 amide bonds. The molecule has 0 saturated carbocycles. The molecule has 0 radical (unpaired) electrons. The van der Waals surface area contributed by atoms with Crippen molar-refractivity contribution >= 4 is 35.1 Å². The molecule has 0 aliphatic rings. The minimum Gasteiger partial charge on any atom is -0.482 e. The molecule has 0 bridgehead atoms. The first-order valence-electron chi connectivity index (χ1n) is 6.24. The smallest absolute Gasteiger partial charge is 0.310 e. The van der Waals surface area contributed by atoms with Gasteiger partial charge in [-0.2, -0.15) is 0 Å². The van der Waals surface area contributed by atoms with Gasteiger partial charge in [0.1, 0.15) is 5.75 Å². The number of nitrogens with zero attached hydrogens (tertiary/aromatic N) is 1. The van der Waals surface area contributed by atoms with Crippen LogP contribution in [-0.2, 0) is 14.3 Å². The number of carbonyl (C=O) groups excluding carboxylic acids is 2. The van der Waals surface area contributed by atoms with Crippen molar-refractivity contribution in [1.82, 2.24) is 4.90 Å². The highest BCUT2D eigenvalue weighted by Gasteiger charge is 2.19. The van der Waals surface area contributed by atoms with E-state index in [1.54, 1.807) is 26.1 Å². The summed E-state index contributed by atoms with van der Waals surface area (Å²) in [6.07, 6.45) is 0.